The summed E-state index contributed by atoms with van der Waals surface area (Å²) in [5, 5.41) is 12.1. The monoisotopic (exact) mass is 266 g/mol. The van der Waals surface area contributed by atoms with Gasteiger partial charge in [-0.2, -0.15) is 0 Å². The van der Waals surface area contributed by atoms with Gasteiger partial charge in [0.15, 0.2) is 5.78 Å². The second-order valence-corrected chi connectivity index (χ2v) is 5.10. The fourth-order valence-electron chi connectivity index (χ4n) is 1.51. The maximum atomic E-state index is 11.5. The Balaban J connectivity index is 2.76. The van der Waals surface area contributed by atoms with E-state index in [4.69, 9.17) is 4.74 Å². The molecular formula is C13H18N2O4. The summed E-state index contributed by atoms with van der Waals surface area (Å²) >= 11 is 0. The number of ether oxygens (including phenoxy) is 1. The Morgan fingerprint density at radius 1 is 1.37 bits per heavy atom. The van der Waals surface area contributed by atoms with E-state index in [2.05, 4.69) is 10.3 Å². The van der Waals surface area contributed by atoms with Crippen molar-refractivity contribution in [1.82, 2.24) is 10.3 Å². The van der Waals surface area contributed by atoms with E-state index < -0.39 is 11.7 Å². The summed E-state index contributed by atoms with van der Waals surface area (Å²) in [5.41, 5.74) is 0.00862. The molecule has 1 aromatic rings. The molecule has 0 aromatic carbocycles. The van der Waals surface area contributed by atoms with Crippen molar-refractivity contribution in [3.05, 3.63) is 23.5 Å². The van der Waals surface area contributed by atoms with E-state index in [-0.39, 0.29) is 23.6 Å². The normalized spacial score (nSPS) is 10.9. The second kappa shape index (κ2) is 5.69. The van der Waals surface area contributed by atoms with Crippen molar-refractivity contribution >= 4 is 11.9 Å². The Bertz CT molecular complexity index is 492. The van der Waals surface area contributed by atoms with Gasteiger partial charge in [-0.3, -0.25) is 9.78 Å². The van der Waals surface area contributed by atoms with Gasteiger partial charge in [0, 0.05) is 18.3 Å². The molecule has 0 radical (unpaired) electrons. The first-order valence-electron chi connectivity index (χ1n) is 5.84. The number of nitrogens with zero attached hydrogens (tertiary/aromatic N) is 1. The molecule has 6 nitrogen and oxygen atoms in total. The van der Waals surface area contributed by atoms with Crippen LogP contribution in [0.1, 0.15) is 43.6 Å². The van der Waals surface area contributed by atoms with Crippen LogP contribution in [0.3, 0.4) is 0 Å². The minimum atomic E-state index is -0.593. The number of aromatic nitrogens is 1. The Labute approximate surface area is 111 Å². The van der Waals surface area contributed by atoms with Gasteiger partial charge >= 0.3 is 6.09 Å². The van der Waals surface area contributed by atoms with Gasteiger partial charge in [0.05, 0.1) is 11.8 Å². The third-order valence-electron chi connectivity index (χ3n) is 2.18. The van der Waals surface area contributed by atoms with Gasteiger partial charge in [-0.25, -0.2) is 4.79 Å². The van der Waals surface area contributed by atoms with E-state index in [0.717, 1.165) is 0 Å². The van der Waals surface area contributed by atoms with E-state index >= 15 is 0 Å². The molecule has 2 N–H and O–H groups in total. The van der Waals surface area contributed by atoms with Gasteiger partial charge in [0.2, 0.25) is 0 Å². The molecule has 0 fully saturated rings. The Hall–Kier alpha value is -2.11. The molecule has 19 heavy (non-hydrogen) atoms. The summed E-state index contributed by atoms with van der Waals surface area (Å²) in [5.74, 6) is -0.489. The Morgan fingerprint density at radius 2 is 2.00 bits per heavy atom. The molecule has 1 aromatic heterocycles. The van der Waals surface area contributed by atoms with Crippen LogP contribution in [0.15, 0.2) is 12.4 Å². The molecule has 0 aliphatic rings. The van der Waals surface area contributed by atoms with Crippen molar-refractivity contribution in [3.63, 3.8) is 0 Å². The smallest absolute Gasteiger partial charge is 0.407 e. The quantitative estimate of drug-likeness (QED) is 0.817. The zero-order chi connectivity index (χ0) is 14.6. The zero-order valence-electron chi connectivity index (χ0n) is 11.5. The number of nitrogens with one attached hydrogen (secondary N) is 1. The van der Waals surface area contributed by atoms with Gasteiger partial charge in [-0.15, -0.1) is 0 Å². The van der Waals surface area contributed by atoms with Crippen LogP contribution >= 0.6 is 0 Å². The molecule has 0 atom stereocenters. The lowest BCUT2D eigenvalue weighted by molar-refractivity contribution is 0.0522. The highest BCUT2D eigenvalue weighted by atomic mass is 16.6. The lowest BCUT2D eigenvalue weighted by Crippen LogP contribution is -2.32. The SMILES string of the molecule is CC(=O)c1c(O)cncc1CNC(=O)OC(C)(C)C. The molecule has 6 heteroatoms. The molecule has 1 amide bonds. The third-order valence-corrected chi connectivity index (χ3v) is 2.18. The van der Waals surface area contributed by atoms with Crippen molar-refractivity contribution in [2.75, 3.05) is 0 Å². The number of carbonyl (C=O) groups is 2. The lowest BCUT2D eigenvalue weighted by atomic mass is 10.1. The fourth-order valence-corrected chi connectivity index (χ4v) is 1.51. The van der Waals surface area contributed by atoms with Crippen LogP contribution in [0.5, 0.6) is 5.75 Å². The summed E-state index contributed by atoms with van der Waals surface area (Å²) in [6.45, 7) is 6.66. The van der Waals surface area contributed by atoms with E-state index in [1.807, 2.05) is 0 Å². The molecule has 0 bridgehead atoms. The maximum absolute atomic E-state index is 11.5. The molecule has 0 saturated heterocycles. The van der Waals surface area contributed by atoms with Crippen LogP contribution in [-0.4, -0.2) is 27.6 Å². The number of hydrogen-bond acceptors (Lipinski definition) is 5. The molecule has 0 aliphatic carbocycles. The number of rotatable bonds is 3. The molecule has 0 aliphatic heterocycles. The fraction of sp³-hybridized carbons (Fsp3) is 0.462. The van der Waals surface area contributed by atoms with Crippen LogP contribution in [-0.2, 0) is 11.3 Å². The highest BCUT2D eigenvalue weighted by Crippen LogP contribution is 2.20. The van der Waals surface area contributed by atoms with Crippen molar-refractivity contribution in [2.45, 2.75) is 39.8 Å². The van der Waals surface area contributed by atoms with Gasteiger partial charge < -0.3 is 15.2 Å². The number of pyridine rings is 1. The minimum Gasteiger partial charge on any atom is -0.506 e. The average molecular weight is 266 g/mol. The van der Waals surface area contributed by atoms with Crippen LogP contribution in [0, 0.1) is 0 Å². The summed E-state index contributed by atoms with van der Waals surface area (Å²) in [4.78, 5) is 26.7. The molecule has 1 heterocycles. The second-order valence-electron chi connectivity index (χ2n) is 5.10. The topological polar surface area (TPSA) is 88.5 Å². The van der Waals surface area contributed by atoms with E-state index in [1.54, 1.807) is 20.8 Å². The Morgan fingerprint density at radius 3 is 2.53 bits per heavy atom. The van der Waals surface area contributed by atoms with E-state index in [9.17, 15) is 14.7 Å². The van der Waals surface area contributed by atoms with Crippen molar-refractivity contribution < 1.29 is 19.4 Å². The third kappa shape index (κ3) is 4.57. The van der Waals surface area contributed by atoms with E-state index in [1.165, 1.54) is 19.3 Å². The van der Waals surface area contributed by atoms with Crippen LogP contribution < -0.4 is 5.32 Å². The lowest BCUT2D eigenvalue weighted by Gasteiger charge is -2.20. The largest absolute Gasteiger partial charge is 0.506 e. The predicted octanol–water partition coefficient (Wildman–Crippen LogP) is 2.01. The van der Waals surface area contributed by atoms with Gasteiger partial charge in [0.25, 0.3) is 0 Å². The molecule has 0 unspecified atom stereocenters. The highest BCUT2D eigenvalue weighted by Gasteiger charge is 2.17. The number of amides is 1. The molecule has 104 valence electrons. The first-order chi connectivity index (χ1) is 8.70. The van der Waals surface area contributed by atoms with Crippen molar-refractivity contribution in [2.24, 2.45) is 0 Å². The van der Waals surface area contributed by atoms with Gasteiger partial charge in [-0.05, 0) is 27.7 Å². The summed E-state index contributed by atoms with van der Waals surface area (Å²) in [6, 6.07) is 0. The van der Waals surface area contributed by atoms with Gasteiger partial charge in [0.1, 0.15) is 11.4 Å². The number of hydrogen-bond donors (Lipinski definition) is 2. The van der Waals surface area contributed by atoms with Crippen molar-refractivity contribution in [1.29, 1.82) is 0 Å². The predicted molar refractivity (Wildman–Crippen MR) is 69.0 cm³/mol. The standard InChI is InChI=1S/C13H18N2O4/c1-8(16)11-9(5-14-7-10(11)17)6-15-12(18)19-13(2,3)4/h5,7,17H,6H2,1-4H3,(H,15,18). The van der Waals surface area contributed by atoms with Crippen LogP contribution in [0.4, 0.5) is 4.79 Å². The number of Topliss-reactive ketones (excluding diaryl/α,β-unsaturated/α-hetero) is 1. The van der Waals surface area contributed by atoms with Crippen LogP contribution in [0.2, 0.25) is 0 Å². The Kier molecular flexibility index (Phi) is 4.47. The number of alkyl carbamates (subject to hydrolysis) is 1. The van der Waals surface area contributed by atoms with Crippen molar-refractivity contribution in [3.8, 4) is 5.75 Å². The summed E-state index contributed by atoms with van der Waals surface area (Å²) in [6.07, 6.45) is 2.02. The number of carbonyl (C=O) groups excluding carboxylic acids is 2. The number of aromatic hydroxyl groups is 1. The first kappa shape index (κ1) is 14.9. The zero-order valence-corrected chi connectivity index (χ0v) is 11.5. The number of ketones is 1. The van der Waals surface area contributed by atoms with E-state index in [0.29, 0.717) is 5.56 Å². The molecule has 1 rings (SSSR count). The molecule has 0 spiro atoms. The van der Waals surface area contributed by atoms with Gasteiger partial charge in [-0.1, -0.05) is 0 Å². The highest BCUT2D eigenvalue weighted by molar-refractivity contribution is 5.98. The molecular weight excluding hydrogens is 248 g/mol. The first-order valence-corrected chi connectivity index (χ1v) is 5.84. The maximum Gasteiger partial charge on any atom is 0.407 e. The molecule has 0 saturated carbocycles. The summed E-state index contributed by atoms with van der Waals surface area (Å²) in [7, 11) is 0. The summed E-state index contributed by atoms with van der Waals surface area (Å²) < 4.78 is 5.07. The van der Waals surface area contributed by atoms with Crippen LogP contribution in [0.25, 0.3) is 0 Å². The average Bonchev–Trinajstić information content (AvgIpc) is 2.23. The minimum absolute atomic E-state index is 0.0607.